The smallest absolute Gasteiger partial charge is 0.353 e. The van der Waals surface area contributed by atoms with Crippen LogP contribution >= 0.6 is 0 Å². The van der Waals surface area contributed by atoms with Crippen molar-refractivity contribution in [3.63, 3.8) is 0 Å². The van der Waals surface area contributed by atoms with E-state index in [0.29, 0.717) is 17.8 Å². The van der Waals surface area contributed by atoms with Gasteiger partial charge < -0.3 is 10.6 Å². The SMILES string of the molecule is NC1CCN(c2nccn3nc(-c4cccc(C(F)(F)F)c4)cc23)C1. The quantitative estimate of drug-likeness (QED) is 0.774. The zero-order valence-electron chi connectivity index (χ0n) is 13.2. The number of anilines is 1. The number of fused-ring (bicyclic) bond motifs is 1. The van der Waals surface area contributed by atoms with Gasteiger partial charge in [-0.05, 0) is 24.6 Å². The van der Waals surface area contributed by atoms with Crippen molar-refractivity contribution in [2.75, 3.05) is 18.0 Å². The molecule has 0 saturated carbocycles. The lowest BCUT2D eigenvalue weighted by molar-refractivity contribution is -0.137. The maximum absolute atomic E-state index is 12.9. The van der Waals surface area contributed by atoms with E-state index in [1.54, 1.807) is 29.0 Å². The highest BCUT2D eigenvalue weighted by molar-refractivity contribution is 5.75. The summed E-state index contributed by atoms with van der Waals surface area (Å²) in [5.74, 6) is 0.751. The Balaban J connectivity index is 1.77. The molecule has 0 spiro atoms. The Hall–Kier alpha value is -2.61. The number of benzene rings is 1. The summed E-state index contributed by atoms with van der Waals surface area (Å²) in [6.45, 7) is 1.51. The monoisotopic (exact) mass is 347 g/mol. The molecule has 1 atom stereocenters. The van der Waals surface area contributed by atoms with Crippen molar-refractivity contribution in [1.82, 2.24) is 14.6 Å². The van der Waals surface area contributed by atoms with Crippen molar-refractivity contribution in [3.8, 4) is 11.3 Å². The predicted octanol–water partition coefficient (Wildman–Crippen LogP) is 2.95. The molecule has 4 rings (SSSR count). The summed E-state index contributed by atoms with van der Waals surface area (Å²) in [6.07, 6.45) is -0.175. The van der Waals surface area contributed by atoms with Gasteiger partial charge in [0.2, 0.25) is 0 Å². The molecule has 5 nitrogen and oxygen atoms in total. The molecule has 1 saturated heterocycles. The molecular weight excluding hydrogens is 331 g/mol. The molecule has 3 aromatic rings. The van der Waals surface area contributed by atoms with Gasteiger partial charge in [0.25, 0.3) is 0 Å². The van der Waals surface area contributed by atoms with Crippen LogP contribution < -0.4 is 10.6 Å². The van der Waals surface area contributed by atoms with Crippen molar-refractivity contribution < 1.29 is 13.2 Å². The Morgan fingerprint density at radius 1 is 1.20 bits per heavy atom. The Labute approximate surface area is 141 Å². The molecule has 1 unspecified atom stereocenters. The fourth-order valence-electron chi connectivity index (χ4n) is 3.13. The molecular formula is C17H16F3N5. The third-order valence-electron chi connectivity index (χ3n) is 4.38. The molecule has 0 aliphatic carbocycles. The lowest BCUT2D eigenvalue weighted by Crippen LogP contribution is -2.27. The highest BCUT2D eigenvalue weighted by Crippen LogP contribution is 2.33. The predicted molar refractivity (Wildman–Crippen MR) is 88.2 cm³/mol. The van der Waals surface area contributed by atoms with Crippen LogP contribution in [0.4, 0.5) is 19.0 Å². The van der Waals surface area contributed by atoms with Crippen molar-refractivity contribution in [2.24, 2.45) is 5.73 Å². The van der Waals surface area contributed by atoms with Crippen LogP contribution in [0.3, 0.4) is 0 Å². The summed E-state index contributed by atoms with van der Waals surface area (Å²) in [5.41, 5.74) is 6.92. The second-order valence-corrected chi connectivity index (χ2v) is 6.18. The molecule has 130 valence electrons. The number of halogens is 3. The third kappa shape index (κ3) is 2.93. The van der Waals surface area contributed by atoms with E-state index in [4.69, 9.17) is 5.73 Å². The van der Waals surface area contributed by atoms with Crippen molar-refractivity contribution in [2.45, 2.75) is 18.6 Å². The Kier molecular flexibility index (Phi) is 3.64. The van der Waals surface area contributed by atoms with Gasteiger partial charge >= 0.3 is 6.18 Å². The second kappa shape index (κ2) is 5.73. The number of hydrogen-bond donors (Lipinski definition) is 1. The minimum atomic E-state index is -4.38. The largest absolute Gasteiger partial charge is 0.416 e. The first-order valence-electron chi connectivity index (χ1n) is 7.94. The van der Waals surface area contributed by atoms with Crippen LogP contribution in [0.2, 0.25) is 0 Å². The van der Waals surface area contributed by atoms with Crippen LogP contribution in [0.15, 0.2) is 42.7 Å². The van der Waals surface area contributed by atoms with E-state index in [1.807, 2.05) is 0 Å². The minimum Gasteiger partial charge on any atom is -0.353 e. The van der Waals surface area contributed by atoms with Gasteiger partial charge in [-0.15, -0.1) is 0 Å². The van der Waals surface area contributed by atoms with E-state index in [1.165, 1.54) is 6.07 Å². The lowest BCUT2D eigenvalue weighted by Gasteiger charge is -2.17. The van der Waals surface area contributed by atoms with Crippen molar-refractivity contribution >= 4 is 11.3 Å². The first kappa shape index (κ1) is 15.9. The zero-order valence-corrected chi connectivity index (χ0v) is 13.2. The molecule has 0 radical (unpaired) electrons. The average molecular weight is 347 g/mol. The molecule has 1 fully saturated rings. The first-order valence-corrected chi connectivity index (χ1v) is 7.94. The van der Waals surface area contributed by atoms with Crippen molar-refractivity contribution in [3.05, 3.63) is 48.3 Å². The van der Waals surface area contributed by atoms with Crippen LogP contribution in [0.5, 0.6) is 0 Å². The van der Waals surface area contributed by atoms with Crippen LogP contribution in [-0.4, -0.2) is 33.7 Å². The van der Waals surface area contributed by atoms with Crippen LogP contribution in [0, 0.1) is 0 Å². The molecule has 1 aromatic carbocycles. The number of nitrogens with zero attached hydrogens (tertiary/aromatic N) is 4. The highest BCUT2D eigenvalue weighted by atomic mass is 19.4. The Morgan fingerprint density at radius 3 is 2.76 bits per heavy atom. The van der Waals surface area contributed by atoms with E-state index >= 15 is 0 Å². The number of nitrogens with two attached hydrogens (primary N) is 1. The summed E-state index contributed by atoms with van der Waals surface area (Å²) < 4.78 is 40.5. The molecule has 1 aliphatic heterocycles. The highest BCUT2D eigenvalue weighted by Gasteiger charge is 2.30. The zero-order chi connectivity index (χ0) is 17.6. The van der Waals surface area contributed by atoms with Crippen molar-refractivity contribution in [1.29, 1.82) is 0 Å². The van der Waals surface area contributed by atoms with Gasteiger partial charge in [-0.1, -0.05) is 12.1 Å². The summed E-state index contributed by atoms with van der Waals surface area (Å²) in [4.78, 5) is 6.50. The summed E-state index contributed by atoms with van der Waals surface area (Å²) in [6, 6.07) is 7.05. The van der Waals surface area contributed by atoms with E-state index in [-0.39, 0.29) is 6.04 Å². The van der Waals surface area contributed by atoms with Gasteiger partial charge in [0.05, 0.1) is 11.3 Å². The summed E-state index contributed by atoms with van der Waals surface area (Å²) in [7, 11) is 0. The average Bonchev–Trinajstić information content (AvgIpc) is 3.20. The van der Waals surface area contributed by atoms with Gasteiger partial charge in [-0.2, -0.15) is 18.3 Å². The molecule has 25 heavy (non-hydrogen) atoms. The van der Waals surface area contributed by atoms with E-state index in [9.17, 15) is 13.2 Å². The Morgan fingerprint density at radius 2 is 2.04 bits per heavy atom. The van der Waals surface area contributed by atoms with Gasteiger partial charge in [0, 0.05) is 37.1 Å². The fourth-order valence-corrected chi connectivity index (χ4v) is 3.13. The molecule has 2 N–H and O–H groups in total. The second-order valence-electron chi connectivity index (χ2n) is 6.18. The van der Waals surface area contributed by atoms with Crippen LogP contribution in [-0.2, 0) is 6.18 Å². The summed E-state index contributed by atoms with van der Waals surface area (Å²) >= 11 is 0. The van der Waals surface area contributed by atoms with E-state index in [2.05, 4.69) is 15.0 Å². The summed E-state index contributed by atoms with van der Waals surface area (Å²) in [5, 5.41) is 4.41. The number of alkyl halides is 3. The fraction of sp³-hybridized carbons (Fsp3) is 0.294. The lowest BCUT2D eigenvalue weighted by atomic mass is 10.1. The standard InChI is InChI=1S/C17H16F3N5/c18-17(19,20)12-3-1-2-11(8-12)14-9-15-16(22-5-7-25(15)23-14)24-6-4-13(21)10-24/h1-3,5,7-9,13H,4,6,10,21H2. The van der Waals surface area contributed by atoms with Gasteiger partial charge in [-0.3, -0.25) is 0 Å². The minimum absolute atomic E-state index is 0.105. The molecule has 0 bridgehead atoms. The van der Waals surface area contributed by atoms with E-state index in [0.717, 1.165) is 36.4 Å². The van der Waals surface area contributed by atoms with Crippen LogP contribution in [0.25, 0.3) is 16.8 Å². The normalized spacial score (nSPS) is 18.2. The van der Waals surface area contributed by atoms with E-state index < -0.39 is 11.7 Å². The topological polar surface area (TPSA) is 59.5 Å². The van der Waals surface area contributed by atoms with Gasteiger partial charge in [0.15, 0.2) is 5.82 Å². The number of aromatic nitrogens is 3. The maximum Gasteiger partial charge on any atom is 0.416 e. The molecule has 1 aliphatic rings. The first-order chi connectivity index (χ1) is 11.9. The molecule has 3 heterocycles. The number of hydrogen-bond acceptors (Lipinski definition) is 4. The molecule has 8 heteroatoms. The molecule has 2 aromatic heterocycles. The number of rotatable bonds is 2. The third-order valence-corrected chi connectivity index (χ3v) is 4.38. The Bertz CT molecular complexity index is 918. The maximum atomic E-state index is 12.9. The molecule has 0 amide bonds. The van der Waals surface area contributed by atoms with Crippen LogP contribution in [0.1, 0.15) is 12.0 Å². The van der Waals surface area contributed by atoms with Gasteiger partial charge in [0.1, 0.15) is 5.52 Å². The van der Waals surface area contributed by atoms with Gasteiger partial charge in [-0.25, -0.2) is 9.50 Å².